The number of thiazole rings is 1. The van der Waals surface area contributed by atoms with Crippen molar-refractivity contribution < 1.29 is 4.42 Å². The maximum atomic E-state index is 5.59. The summed E-state index contributed by atoms with van der Waals surface area (Å²) in [6, 6.07) is 0. The van der Waals surface area contributed by atoms with E-state index in [2.05, 4.69) is 104 Å². The van der Waals surface area contributed by atoms with Crippen molar-refractivity contribution >= 4 is 11.3 Å². The standard InChI is InChI=1S/C11H19NS.C10H18N2O/c1-10(2,3)8-7-13-9(12-8)11(4,5)6;1-9(2,3)7-11-12-8(13-7)10(4,5)6/h7H,1-6H3;1-6H3. The lowest BCUT2D eigenvalue weighted by Gasteiger charge is -2.17. The molecule has 0 bridgehead atoms. The molecule has 4 nitrogen and oxygen atoms in total. The molecule has 0 fully saturated rings. The maximum absolute atomic E-state index is 5.59. The minimum absolute atomic E-state index is 0.0590. The molecule has 26 heavy (non-hydrogen) atoms. The van der Waals surface area contributed by atoms with Gasteiger partial charge in [-0.3, -0.25) is 0 Å². The monoisotopic (exact) mass is 379 g/mol. The second-order valence-corrected chi connectivity index (χ2v) is 11.8. The van der Waals surface area contributed by atoms with Gasteiger partial charge in [-0.2, -0.15) is 0 Å². The predicted molar refractivity (Wildman–Crippen MR) is 111 cm³/mol. The molecular formula is C21H37N3OS. The molecule has 0 N–H and O–H groups in total. The van der Waals surface area contributed by atoms with E-state index in [-0.39, 0.29) is 21.7 Å². The molecule has 148 valence electrons. The van der Waals surface area contributed by atoms with Gasteiger partial charge in [0.1, 0.15) is 0 Å². The Hall–Kier alpha value is -1.23. The summed E-state index contributed by atoms with van der Waals surface area (Å²) in [6.07, 6.45) is 0. The third kappa shape index (κ3) is 6.49. The third-order valence-corrected chi connectivity index (χ3v) is 4.89. The topological polar surface area (TPSA) is 51.8 Å². The van der Waals surface area contributed by atoms with Crippen LogP contribution in [-0.2, 0) is 21.7 Å². The van der Waals surface area contributed by atoms with Gasteiger partial charge in [-0.15, -0.1) is 21.5 Å². The Bertz CT molecular complexity index is 582. The van der Waals surface area contributed by atoms with Gasteiger partial charge >= 0.3 is 0 Å². The van der Waals surface area contributed by atoms with Gasteiger partial charge in [0.15, 0.2) is 0 Å². The van der Waals surface area contributed by atoms with Crippen LogP contribution in [0.4, 0.5) is 0 Å². The van der Waals surface area contributed by atoms with Crippen LogP contribution in [0, 0.1) is 0 Å². The molecule has 2 rings (SSSR count). The van der Waals surface area contributed by atoms with Crippen LogP contribution in [0.5, 0.6) is 0 Å². The Morgan fingerprint density at radius 3 is 1.27 bits per heavy atom. The molecule has 0 spiro atoms. The lowest BCUT2D eigenvalue weighted by molar-refractivity contribution is 0.331. The van der Waals surface area contributed by atoms with Crippen molar-refractivity contribution in [3.8, 4) is 0 Å². The summed E-state index contributed by atoms with van der Waals surface area (Å²) in [6.45, 7) is 25.6. The fourth-order valence-electron chi connectivity index (χ4n) is 1.79. The Balaban J connectivity index is 0.000000260. The summed E-state index contributed by atoms with van der Waals surface area (Å²) < 4.78 is 5.59. The third-order valence-electron chi connectivity index (χ3n) is 3.62. The summed E-state index contributed by atoms with van der Waals surface area (Å²) in [5.74, 6) is 1.41. The smallest absolute Gasteiger partial charge is 0.221 e. The van der Waals surface area contributed by atoms with Crippen LogP contribution in [0.1, 0.15) is 106 Å². The largest absolute Gasteiger partial charge is 0.424 e. The average Bonchev–Trinajstić information content (AvgIpc) is 3.06. The highest BCUT2D eigenvalue weighted by Crippen LogP contribution is 2.30. The molecule has 0 aliphatic carbocycles. The second-order valence-electron chi connectivity index (χ2n) is 11.0. The molecular weight excluding hydrogens is 342 g/mol. The van der Waals surface area contributed by atoms with Crippen LogP contribution in [0.25, 0.3) is 0 Å². The molecule has 0 saturated carbocycles. The average molecular weight is 380 g/mol. The van der Waals surface area contributed by atoms with Crippen LogP contribution in [-0.4, -0.2) is 15.2 Å². The summed E-state index contributed by atoms with van der Waals surface area (Å²) >= 11 is 1.77. The molecule has 2 aromatic rings. The fraction of sp³-hybridized carbons (Fsp3) is 0.762. The van der Waals surface area contributed by atoms with Gasteiger partial charge in [-0.25, -0.2) is 4.98 Å². The first kappa shape index (κ1) is 22.8. The molecule has 2 heterocycles. The Kier molecular flexibility index (Phi) is 6.50. The molecule has 0 unspecified atom stereocenters. The van der Waals surface area contributed by atoms with Crippen LogP contribution in [0.15, 0.2) is 9.80 Å². The number of nitrogens with zero attached hydrogens (tertiary/aromatic N) is 3. The van der Waals surface area contributed by atoms with Crippen molar-refractivity contribution in [1.82, 2.24) is 15.2 Å². The van der Waals surface area contributed by atoms with Gasteiger partial charge in [0.2, 0.25) is 11.8 Å². The van der Waals surface area contributed by atoms with Gasteiger partial charge in [-0.1, -0.05) is 83.1 Å². The molecule has 0 radical (unpaired) electrons. The molecule has 0 aromatic carbocycles. The van der Waals surface area contributed by atoms with E-state index in [9.17, 15) is 0 Å². The van der Waals surface area contributed by atoms with E-state index < -0.39 is 0 Å². The second kappa shape index (κ2) is 7.41. The quantitative estimate of drug-likeness (QED) is 0.531. The maximum Gasteiger partial charge on any atom is 0.221 e. The zero-order valence-electron chi connectivity index (χ0n) is 18.7. The van der Waals surface area contributed by atoms with E-state index in [1.165, 1.54) is 10.7 Å². The first-order valence-electron chi connectivity index (χ1n) is 9.23. The summed E-state index contributed by atoms with van der Waals surface area (Å²) in [4.78, 5) is 4.67. The summed E-state index contributed by atoms with van der Waals surface area (Å²) in [5.41, 5.74) is 1.46. The van der Waals surface area contributed by atoms with Crippen molar-refractivity contribution in [2.24, 2.45) is 0 Å². The van der Waals surface area contributed by atoms with Crippen LogP contribution in [0.2, 0.25) is 0 Å². The molecule has 0 amide bonds. The predicted octanol–water partition coefficient (Wildman–Crippen LogP) is 6.40. The molecule has 0 aliphatic heterocycles. The number of hydrogen-bond acceptors (Lipinski definition) is 5. The first-order valence-corrected chi connectivity index (χ1v) is 10.1. The Morgan fingerprint density at radius 1 is 0.654 bits per heavy atom. The van der Waals surface area contributed by atoms with Crippen LogP contribution >= 0.6 is 11.3 Å². The highest BCUT2D eigenvalue weighted by atomic mass is 32.1. The highest BCUT2D eigenvalue weighted by Gasteiger charge is 2.26. The number of aromatic nitrogens is 3. The minimum Gasteiger partial charge on any atom is -0.424 e. The van der Waals surface area contributed by atoms with E-state index >= 15 is 0 Å². The summed E-state index contributed by atoms with van der Waals surface area (Å²) in [7, 11) is 0. The van der Waals surface area contributed by atoms with Crippen molar-refractivity contribution in [3.05, 3.63) is 27.9 Å². The highest BCUT2D eigenvalue weighted by molar-refractivity contribution is 7.09. The lowest BCUT2D eigenvalue weighted by atomic mass is 9.92. The molecule has 0 saturated heterocycles. The minimum atomic E-state index is -0.0590. The van der Waals surface area contributed by atoms with Gasteiger partial charge in [-0.05, 0) is 0 Å². The van der Waals surface area contributed by atoms with Crippen LogP contribution in [0.3, 0.4) is 0 Å². The zero-order chi connectivity index (χ0) is 20.6. The number of hydrogen-bond donors (Lipinski definition) is 0. The Labute approximate surface area is 163 Å². The molecule has 5 heteroatoms. The van der Waals surface area contributed by atoms with Gasteiger partial charge in [0, 0.05) is 27.0 Å². The lowest BCUT2D eigenvalue weighted by Crippen LogP contribution is -2.15. The number of rotatable bonds is 0. The van der Waals surface area contributed by atoms with Crippen molar-refractivity contribution in [2.75, 3.05) is 0 Å². The normalized spacial score (nSPS) is 13.4. The fourth-order valence-corrected chi connectivity index (χ4v) is 2.93. The van der Waals surface area contributed by atoms with E-state index in [1.807, 2.05) is 0 Å². The first-order chi connectivity index (χ1) is 11.4. The van der Waals surface area contributed by atoms with Crippen molar-refractivity contribution in [1.29, 1.82) is 0 Å². The van der Waals surface area contributed by atoms with Crippen molar-refractivity contribution in [2.45, 2.75) is 105 Å². The van der Waals surface area contributed by atoms with E-state index in [1.54, 1.807) is 11.3 Å². The Morgan fingerprint density at radius 2 is 1.08 bits per heavy atom. The summed E-state index contributed by atoms with van der Waals surface area (Å²) in [5, 5.41) is 11.5. The zero-order valence-corrected chi connectivity index (χ0v) is 19.6. The van der Waals surface area contributed by atoms with Gasteiger partial charge < -0.3 is 4.42 Å². The van der Waals surface area contributed by atoms with Crippen molar-refractivity contribution in [3.63, 3.8) is 0 Å². The van der Waals surface area contributed by atoms with E-state index in [0.29, 0.717) is 11.8 Å². The SMILES string of the molecule is CC(C)(C)c1csc(C(C)(C)C)n1.CC(C)(C)c1nnc(C(C)(C)C)o1. The van der Waals surface area contributed by atoms with Gasteiger partial charge in [0.05, 0.1) is 10.7 Å². The van der Waals surface area contributed by atoms with Crippen LogP contribution < -0.4 is 0 Å². The van der Waals surface area contributed by atoms with E-state index in [0.717, 1.165) is 0 Å². The molecule has 0 atom stereocenters. The molecule has 2 aromatic heterocycles. The van der Waals surface area contributed by atoms with Gasteiger partial charge in [0.25, 0.3) is 0 Å². The van der Waals surface area contributed by atoms with E-state index in [4.69, 9.17) is 4.42 Å². The molecule has 0 aliphatic rings.